The third-order valence-corrected chi connectivity index (χ3v) is 6.46. The maximum absolute atomic E-state index is 13.9. The van der Waals surface area contributed by atoms with E-state index in [0.717, 1.165) is 37.3 Å². The molecule has 0 unspecified atom stereocenters. The summed E-state index contributed by atoms with van der Waals surface area (Å²) in [6.45, 7) is 4.91. The molecule has 2 fully saturated rings. The molecule has 2 amide bonds. The zero-order valence-electron chi connectivity index (χ0n) is 18.2. The van der Waals surface area contributed by atoms with Gasteiger partial charge in [0.05, 0.1) is 12.2 Å². The van der Waals surface area contributed by atoms with Gasteiger partial charge in [-0.25, -0.2) is 18.7 Å². The van der Waals surface area contributed by atoms with E-state index in [-0.39, 0.29) is 36.3 Å². The van der Waals surface area contributed by atoms with Crippen LogP contribution in [0.4, 0.5) is 20.7 Å². The van der Waals surface area contributed by atoms with E-state index in [9.17, 15) is 9.18 Å². The van der Waals surface area contributed by atoms with Gasteiger partial charge in [-0.2, -0.15) is 5.10 Å². The van der Waals surface area contributed by atoms with Crippen molar-refractivity contribution in [2.75, 3.05) is 36.4 Å². The lowest BCUT2D eigenvalue weighted by atomic mass is 10.0. The minimum Gasteiger partial charge on any atom is -0.349 e. The summed E-state index contributed by atoms with van der Waals surface area (Å²) in [5, 5.41) is 11.2. The van der Waals surface area contributed by atoms with Crippen LogP contribution in [0.5, 0.6) is 0 Å². The van der Waals surface area contributed by atoms with Gasteiger partial charge >= 0.3 is 6.03 Å². The van der Waals surface area contributed by atoms with E-state index >= 15 is 0 Å². The van der Waals surface area contributed by atoms with Crippen molar-refractivity contribution >= 4 is 47.2 Å². The number of hydrogen-bond donors (Lipinski definition) is 2. The lowest BCUT2D eigenvalue weighted by Gasteiger charge is -2.31. The number of aromatic nitrogens is 3. The average molecular weight is 494 g/mol. The van der Waals surface area contributed by atoms with Crippen molar-refractivity contribution in [3.8, 4) is 0 Å². The van der Waals surface area contributed by atoms with Crippen LogP contribution in [0.25, 0.3) is 5.65 Å². The fourth-order valence-electron chi connectivity index (χ4n) is 4.55. The number of rotatable bonds is 3. The molecule has 0 spiro atoms. The maximum atomic E-state index is 13.9. The predicted molar refractivity (Wildman–Crippen MR) is 129 cm³/mol. The number of nitrogens with one attached hydrogen (secondary N) is 2. The molecule has 1 aromatic carbocycles. The van der Waals surface area contributed by atoms with Gasteiger partial charge in [-0.05, 0) is 49.6 Å². The number of amides is 2. The Kier molecular flexibility index (Phi) is 6.92. The summed E-state index contributed by atoms with van der Waals surface area (Å²) in [5.74, 6) is 0.440. The Morgan fingerprint density at radius 2 is 2.15 bits per heavy atom. The SMILES string of the molecule is C[C@H]1CN(C(=O)Nc2cnn3ccc(N4CCC[C@@H]4c4cc(F)ccc4Cl)nc23)CCN1.Cl. The van der Waals surface area contributed by atoms with E-state index in [2.05, 4.69) is 27.6 Å². The number of carbonyl (C=O) groups is 1. The zero-order valence-corrected chi connectivity index (χ0v) is 19.7. The molecule has 0 aliphatic carbocycles. The maximum Gasteiger partial charge on any atom is 0.322 e. The van der Waals surface area contributed by atoms with Gasteiger partial charge in [0.1, 0.15) is 17.3 Å². The quantitative estimate of drug-likeness (QED) is 0.573. The second-order valence-corrected chi connectivity index (χ2v) is 8.77. The van der Waals surface area contributed by atoms with Gasteiger partial charge in [0.25, 0.3) is 0 Å². The second kappa shape index (κ2) is 9.70. The van der Waals surface area contributed by atoms with Crippen LogP contribution in [0.2, 0.25) is 5.02 Å². The molecule has 2 saturated heterocycles. The molecule has 2 N–H and O–H groups in total. The average Bonchev–Trinajstić information content (AvgIpc) is 3.42. The van der Waals surface area contributed by atoms with Crippen molar-refractivity contribution in [2.24, 2.45) is 0 Å². The van der Waals surface area contributed by atoms with Crippen LogP contribution in [0.15, 0.2) is 36.7 Å². The summed E-state index contributed by atoms with van der Waals surface area (Å²) in [4.78, 5) is 21.5. The molecule has 5 rings (SSSR count). The number of fused-ring (bicyclic) bond motifs is 1. The summed E-state index contributed by atoms with van der Waals surface area (Å²) >= 11 is 6.39. The lowest BCUT2D eigenvalue weighted by Crippen LogP contribution is -2.52. The van der Waals surface area contributed by atoms with E-state index in [1.807, 2.05) is 12.3 Å². The molecule has 2 aliphatic heterocycles. The number of nitrogens with zero attached hydrogens (tertiary/aromatic N) is 5. The lowest BCUT2D eigenvalue weighted by molar-refractivity contribution is 0.192. The fourth-order valence-corrected chi connectivity index (χ4v) is 4.80. The molecular weight excluding hydrogens is 468 g/mol. The third kappa shape index (κ3) is 4.71. The Hall–Kier alpha value is -2.62. The number of piperazine rings is 1. The highest BCUT2D eigenvalue weighted by Crippen LogP contribution is 2.38. The monoisotopic (exact) mass is 493 g/mol. The van der Waals surface area contributed by atoms with E-state index in [4.69, 9.17) is 16.6 Å². The molecule has 8 nitrogen and oxygen atoms in total. The molecule has 3 aromatic rings. The molecule has 176 valence electrons. The molecule has 2 atom stereocenters. The number of benzene rings is 1. The van der Waals surface area contributed by atoms with Crippen molar-refractivity contribution in [3.05, 3.63) is 53.1 Å². The third-order valence-electron chi connectivity index (χ3n) is 6.12. The van der Waals surface area contributed by atoms with Crippen molar-refractivity contribution in [1.82, 2.24) is 24.8 Å². The van der Waals surface area contributed by atoms with Crippen molar-refractivity contribution in [3.63, 3.8) is 0 Å². The summed E-state index contributed by atoms with van der Waals surface area (Å²) in [5.41, 5.74) is 1.89. The number of anilines is 2. The smallest absolute Gasteiger partial charge is 0.322 e. The first-order valence-corrected chi connectivity index (χ1v) is 11.2. The molecule has 2 aromatic heterocycles. The summed E-state index contributed by atoms with van der Waals surface area (Å²) in [7, 11) is 0. The van der Waals surface area contributed by atoms with Gasteiger partial charge < -0.3 is 20.4 Å². The van der Waals surface area contributed by atoms with E-state index in [1.54, 1.807) is 21.7 Å². The van der Waals surface area contributed by atoms with Crippen molar-refractivity contribution < 1.29 is 9.18 Å². The van der Waals surface area contributed by atoms with Crippen LogP contribution in [0, 0.1) is 5.82 Å². The normalized spacial score (nSPS) is 20.7. The zero-order chi connectivity index (χ0) is 22.2. The Bertz CT molecular complexity index is 1160. The van der Waals surface area contributed by atoms with Gasteiger partial charge in [0, 0.05) is 43.4 Å². The topological polar surface area (TPSA) is 77.8 Å². The van der Waals surface area contributed by atoms with E-state index in [1.165, 1.54) is 12.1 Å². The summed E-state index contributed by atoms with van der Waals surface area (Å²) in [6.07, 6.45) is 5.25. The number of halogens is 3. The molecule has 11 heteroatoms. The van der Waals surface area contributed by atoms with E-state index in [0.29, 0.717) is 29.4 Å². The van der Waals surface area contributed by atoms with Gasteiger partial charge in [0.15, 0.2) is 5.65 Å². The van der Waals surface area contributed by atoms with Crippen molar-refractivity contribution in [1.29, 1.82) is 0 Å². The summed E-state index contributed by atoms with van der Waals surface area (Å²) in [6, 6.07) is 6.39. The van der Waals surface area contributed by atoms with Gasteiger partial charge in [-0.15, -0.1) is 12.4 Å². The highest BCUT2D eigenvalue weighted by Gasteiger charge is 2.30. The number of hydrogen-bond acceptors (Lipinski definition) is 5. The Labute approximate surface area is 202 Å². The Morgan fingerprint density at radius 1 is 1.30 bits per heavy atom. The minimum absolute atomic E-state index is 0. The number of carbonyl (C=O) groups excluding carboxylic acids is 1. The molecular formula is C22H26Cl2FN7O. The highest BCUT2D eigenvalue weighted by molar-refractivity contribution is 6.31. The first-order chi connectivity index (χ1) is 15.5. The van der Waals surface area contributed by atoms with Crippen LogP contribution >= 0.6 is 24.0 Å². The predicted octanol–water partition coefficient (Wildman–Crippen LogP) is 4.11. The highest BCUT2D eigenvalue weighted by atomic mass is 35.5. The van der Waals surface area contributed by atoms with Crippen LogP contribution in [-0.4, -0.2) is 57.7 Å². The van der Waals surface area contributed by atoms with Crippen molar-refractivity contribution in [2.45, 2.75) is 31.8 Å². The molecule has 2 aliphatic rings. The van der Waals surface area contributed by atoms with Gasteiger partial charge in [0.2, 0.25) is 0 Å². The largest absolute Gasteiger partial charge is 0.349 e. The Morgan fingerprint density at radius 3 is 2.97 bits per heavy atom. The molecule has 33 heavy (non-hydrogen) atoms. The fraction of sp³-hybridized carbons (Fsp3) is 0.409. The first kappa shape index (κ1) is 23.5. The molecule has 0 bridgehead atoms. The van der Waals surface area contributed by atoms with Crippen LogP contribution in [0.3, 0.4) is 0 Å². The minimum atomic E-state index is -0.303. The van der Waals surface area contributed by atoms with E-state index < -0.39 is 0 Å². The number of urea groups is 1. The first-order valence-electron chi connectivity index (χ1n) is 10.8. The standard InChI is InChI=1S/C22H25ClFN7O.ClH/c1-14-13-29(10-7-25-14)22(32)27-18-12-26-31-9-6-20(28-21(18)31)30-8-2-3-19(30)16-11-15(24)4-5-17(16)23;/h4-6,9,11-12,14,19,25H,2-3,7-8,10,13H2,1H3,(H,27,32);1H/t14-,19+;/m0./s1. The van der Waals surface area contributed by atoms with Crippen LogP contribution in [0.1, 0.15) is 31.4 Å². The van der Waals surface area contributed by atoms with Crippen LogP contribution < -0.4 is 15.5 Å². The van der Waals surface area contributed by atoms with Crippen LogP contribution in [-0.2, 0) is 0 Å². The second-order valence-electron chi connectivity index (χ2n) is 8.36. The van der Waals surface area contributed by atoms with Gasteiger partial charge in [-0.1, -0.05) is 11.6 Å². The summed E-state index contributed by atoms with van der Waals surface area (Å²) < 4.78 is 15.5. The molecule has 0 radical (unpaired) electrons. The molecule has 4 heterocycles. The van der Waals surface area contributed by atoms with Gasteiger partial charge in [-0.3, -0.25) is 0 Å². The molecule has 0 saturated carbocycles. The Balaban J connectivity index is 0.00000259.